The van der Waals surface area contributed by atoms with E-state index in [4.69, 9.17) is 5.10 Å². The third kappa shape index (κ3) is 2.87. The summed E-state index contributed by atoms with van der Waals surface area (Å²) in [6.45, 7) is 7.46. The summed E-state index contributed by atoms with van der Waals surface area (Å²) in [5, 5.41) is 7.91. The lowest BCUT2D eigenvalue weighted by Crippen LogP contribution is -2.09. The Labute approximate surface area is 115 Å². The Hall–Kier alpha value is -1.61. The van der Waals surface area contributed by atoms with Gasteiger partial charge in [0.05, 0.1) is 11.4 Å². The van der Waals surface area contributed by atoms with Gasteiger partial charge in [-0.05, 0) is 64.4 Å². The van der Waals surface area contributed by atoms with Crippen molar-refractivity contribution >= 4 is 0 Å². The Bertz CT molecular complexity index is 555. The minimum atomic E-state index is 1.05. The van der Waals surface area contributed by atoms with Crippen LogP contribution in [-0.2, 0) is 6.42 Å². The largest absolute Gasteiger partial charge is 0.320 e. The summed E-state index contributed by atoms with van der Waals surface area (Å²) in [5.74, 6) is 0. The first-order valence-electron chi connectivity index (χ1n) is 6.91. The van der Waals surface area contributed by atoms with E-state index in [2.05, 4.69) is 55.0 Å². The van der Waals surface area contributed by atoms with Gasteiger partial charge >= 0.3 is 0 Å². The number of rotatable bonds is 5. The van der Waals surface area contributed by atoms with Crippen LogP contribution in [0.1, 0.15) is 28.9 Å². The molecule has 0 radical (unpaired) electrons. The summed E-state index contributed by atoms with van der Waals surface area (Å²) in [6.07, 6.45) is 2.24. The van der Waals surface area contributed by atoms with Crippen molar-refractivity contribution in [1.29, 1.82) is 0 Å². The lowest BCUT2D eigenvalue weighted by atomic mass is 10.1. The van der Waals surface area contributed by atoms with Crippen LogP contribution in [0.3, 0.4) is 0 Å². The fourth-order valence-electron chi connectivity index (χ4n) is 2.51. The summed E-state index contributed by atoms with van der Waals surface area (Å²) in [4.78, 5) is 0. The van der Waals surface area contributed by atoms with Crippen LogP contribution in [0.25, 0.3) is 5.69 Å². The molecule has 1 heterocycles. The first-order valence-corrected chi connectivity index (χ1v) is 6.91. The molecule has 2 rings (SSSR count). The number of aryl methyl sites for hydroxylation is 2. The van der Waals surface area contributed by atoms with E-state index >= 15 is 0 Å². The zero-order valence-electron chi connectivity index (χ0n) is 12.3. The Morgan fingerprint density at radius 3 is 2.58 bits per heavy atom. The summed E-state index contributed by atoms with van der Waals surface area (Å²) in [5.41, 5.74) is 6.25. The smallest absolute Gasteiger partial charge is 0.0678 e. The molecule has 1 aromatic heterocycles. The van der Waals surface area contributed by atoms with Gasteiger partial charge in [-0.1, -0.05) is 18.2 Å². The number of hydrogen-bond donors (Lipinski definition) is 1. The molecule has 102 valence electrons. The fourth-order valence-corrected chi connectivity index (χ4v) is 2.51. The Balaban J connectivity index is 2.33. The predicted octanol–water partition coefficient (Wildman–Crippen LogP) is 2.95. The minimum absolute atomic E-state index is 1.05. The highest BCUT2D eigenvalue weighted by Crippen LogP contribution is 2.21. The van der Waals surface area contributed by atoms with E-state index < -0.39 is 0 Å². The van der Waals surface area contributed by atoms with Crippen molar-refractivity contribution in [2.75, 3.05) is 13.6 Å². The number of nitrogens with zero attached hydrogens (tertiary/aromatic N) is 2. The van der Waals surface area contributed by atoms with Crippen LogP contribution in [0.2, 0.25) is 0 Å². The molecular weight excluding hydrogens is 234 g/mol. The second-order valence-corrected chi connectivity index (χ2v) is 5.05. The highest BCUT2D eigenvalue weighted by Gasteiger charge is 2.13. The highest BCUT2D eigenvalue weighted by atomic mass is 15.3. The molecule has 0 fully saturated rings. The molecule has 3 heteroatoms. The van der Waals surface area contributed by atoms with Gasteiger partial charge in [-0.15, -0.1) is 0 Å². The summed E-state index contributed by atoms with van der Waals surface area (Å²) in [7, 11) is 2.00. The van der Waals surface area contributed by atoms with Gasteiger partial charge in [0.2, 0.25) is 0 Å². The maximum absolute atomic E-state index is 4.72. The molecule has 0 aliphatic carbocycles. The van der Waals surface area contributed by atoms with Crippen LogP contribution >= 0.6 is 0 Å². The van der Waals surface area contributed by atoms with Crippen LogP contribution < -0.4 is 5.32 Å². The van der Waals surface area contributed by atoms with Gasteiger partial charge in [-0.3, -0.25) is 0 Å². The van der Waals surface area contributed by atoms with Gasteiger partial charge in [0.25, 0.3) is 0 Å². The molecule has 19 heavy (non-hydrogen) atoms. The lowest BCUT2D eigenvalue weighted by molar-refractivity contribution is 0.720. The molecule has 0 unspecified atom stereocenters. The van der Waals surface area contributed by atoms with Gasteiger partial charge in [0.15, 0.2) is 0 Å². The van der Waals surface area contributed by atoms with Crippen molar-refractivity contribution in [3.63, 3.8) is 0 Å². The number of benzene rings is 1. The SMILES string of the molecule is CNCCCc1c(C)nn(-c2ccccc2C)c1C. The molecule has 0 aliphatic rings. The van der Waals surface area contributed by atoms with Gasteiger partial charge in [0.1, 0.15) is 0 Å². The Morgan fingerprint density at radius 2 is 1.89 bits per heavy atom. The van der Waals surface area contributed by atoms with Crippen LogP contribution in [0.5, 0.6) is 0 Å². The first-order chi connectivity index (χ1) is 9.15. The summed E-state index contributed by atoms with van der Waals surface area (Å²) >= 11 is 0. The molecule has 0 spiro atoms. The molecule has 1 N–H and O–H groups in total. The summed E-state index contributed by atoms with van der Waals surface area (Å²) < 4.78 is 2.08. The molecule has 3 nitrogen and oxygen atoms in total. The van der Waals surface area contributed by atoms with E-state index in [0.29, 0.717) is 0 Å². The molecule has 0 saturated heterocycles. The van der Waals surface area contributed by atoms with Crippen molar-refractivity contribution in [3.8, 4) is 5.69 Å². The van der Waals surface area contributed by atoms with Gasteiger partial charge in [-0.25, -0.2) is 4.68 Å². The highest BCUT2D eigenvalue weighted by molar-refractivity contribution is 5.42. The van der Waals surface area contributed by atoms with Crippen LogP contribution in [0.4, 0.5) is 0 Å². The Kier molecular flexibility index (Phi) is 4.38. The maximum Gasteiger partial charge on any atom is 0.0678 e. The van der Waals surface area contributed by atoms with Crippen LogP contribution in [0.15, 0.2) is 24.3 Å². The van der Waals surface area contributed by atoms with E-state index in [0.717, 1.165) is 25.1 Å². The molecule has 2 aromatic rings. The van der Waals surface area contributed by atoms with Gasteiger partial charge in [0, 0.05) is 5.69 Å². The standard InChI is InChI=1S/C16H23N3/c1-12-8-5-6-10-16(12)19-14(3)15(13(2)18-19)9-7-11-17-4/h5-6,8,10,17H,7,9,11H2,1-4H3. The van der Waals surface area contributed by atoms with Crippen LogP contribution in [0, 0.1) is 20.8 Å². The lowest BCUT2D eigenvalue weighted by Gasteiger charge is -2.08. The van der Waals surface area contributed by atoms with Crippen molar-refractivity contribution in [3.05, 3.63) is 46.8 Å². The number of aromatic nitrogens is 2. The molecule has 0 atom stereocenters. The van der Waals surface area contributed by atoms with E-state index in [1.165, 1.54) is 22.5 Å². The summed E-state index contributed by atoms with van der Waals surface area (Å²) in [6, 6.07) is 8.40. The average molecular weight is 257 g/mol. The predicted molar refractivity (Wildman–Crippen MR) is 80.0 cm³/mol. The van der Waals surface area contributed by atoms with Crippen LogP contribution in [-0.4, -0.2) is 23.4 Å². The van der Waals surface area contributed by atoms with Crippen molar-refractivity contribution in [1.82, 2.24) is 15.1 Å². The monoisotopic (exact) mass is 257 g/mol. The normalized spacial score (nSPS) is 10.9. The topological polar surface area (TPSA) is 29.9 Å². The average Bonchev–Trinajstić information content (AvgIpc) is 2.67. The molecule has 1 aromatic carbocycles. The second kappa shape index (κ2) is 6.02. The maximum atomic E-state index is 4.72. The first kappa shape index (κ1) is 13.8. The third-order valence-electron chi connectivity index (χ3n) is 3.64. The minimum Gasteiger partial charge on any atom is -0.320 e. The van der Waals surface area contributed by atoms with Gasteiger partial charge in [-0.2, -0.15) is 5.10 Å². The molecule has 0 bridgehead atoms. The molecular formula is C16H23N3. The Morgan fingerprint density at radius 1 is 1.16 bits per heavy atom. The van der Waals surface area contributed by atoms with Gasteiger partial charge < -0.3 is 5.32 Å². The van der Waals surface area contributed by atoms with E-state index in [-0.39, 0.29) is 0 Å². The van der Waals surface area contributed by atoms with E-state index in [9.17, 15) is 0 Å². The fraction of sp³-hybridized carbons (Fsp3) is 0.438. The quantitative estimate of drug-likeness (QED) is 0.835. The third-order valence-corrected chi connectivity index (χ3v) is 3.64. The number of nitrogens with one attached hydrogen (secondary N) is 1. The zero-order valence-corrected chi connectivity index (χ0v) is 12.3. The van der Waals surface area contributed by atoms with Crippen molar-refractivity contribution in [2.24, 2.45) is 0 Å². The number of para-hydroxylation sites is 1. The van der Waals surface area contributed by atoms with E-state index in [1.54, 1.807) is 0 Å². The van der Waals surface area contributed by atoms with Crippen molar-refractivity contribution in [2.45, 2.75) is 33.6 Å². The molecule has 0 amide bonds. The number of hydrogen-bond acceptors (Lipinski definition) is 2. The van der Waals surface area contributed by atoms with Crippen molar-refractivity contribution < 1.29 is 0 Å². The molecule has 0 aliphatic heterocycles. The molecule has 0 saturated carbocycles. The second-order valence-electron chi connectivity index (χ2n) is 5.05. The zero-order chi connectivity index (χ0) is 13.8. The van der Waals surface area contributed by atoms with E-state index in [1.807, 2.05) is 7.05 Å².